The summed E-state index contributed by atoms with van der Waals surface area (Å²) in [5.74, 6) is 1.29. The van der Waals surface area contributed by atoms with Crippen LogP contribution in [0.25, 0.3) is 0 Å². The summed E-state index contributed by atoms with van der Waals surface area (Å²) in [4.78, 5) is 12.2. The summed E-state index contributed by atoms with van der Waals surface area (Å²) >= 11 is 0. The highest BCUT2D eigenvalue weighted by atomic mass is 16.4. The van der Waals surface area contributed by atoms with Gasteiger partial charge in [-0.3, -0.25) is 0 Å². The van der Waals surface area contributed by atoms with Crippen LogP contribution < -0.4 is 5.73 Å². The summed E-state index contributed by atoms with van der Waals surface area (Å²) in [5, 5.41) is 8.78. The average molecular weight is 198 g/mol. The Morgan fingerprint density at radius 3 is 2.14 bits per heavy atom. The van der Waals surface area contributed by atoms with Gasteiger partial charge in [0.1, 0.15) is 0 Å². The van der Waals surface area contributed by atoms with E-state index in [9.17, 15) is 4.79 Å². The number of nitrogens with two attached hydrogens (primary N) is 1. The Labute approximate surface area is 84.1 Å². The van der Waals surface area contributed by atoms with Crippen LogP contribution in [0.15, 0.2) is 0 Å². The first-order chi connectivity index (χ1) is 6.68. The van der Waals surface area contributed by atoms with Crippen LogP contribution in [0.1, 0.15) is 25.7 Å². The van der Waals surface area contributed by atoms with Crippen LogP contribution in [-0.2, 0) is 0 Å². The second-order valence-corrected chi connectivity index (χ2v) is 4.52. The molecule has 0 aromatic carbocycles. The maximum Gasteiger partial charge on any atom is 0.407 e. The number of carboxylic acid groups (broad SMARTS) is 1. The fourth-order valence-corrected chi connectivity index (χ4v) is 2.34. The van der Waals surface area contributed by atoms with Crippen molar-refractivity contribution in [2.45, 2.75) is 31.7 Å². The summed E-state index contributed by atoms with van der Waals surface area (Å²) < 4.78 is 0. The van der Waals surface area contributed by atoms with Crippen molar-refractivity contribution in [2.75, 3.05) is 13.1 Å². The van der Waals surface area contributed by atoms with Crippen molar-refractivity contribution < 1.29 is 9.90 Å². The monoisotopic (exact) mass is 198 g/mol. The summed E-state index contributed by atoms with van der Waals surface area (Å²) in [6, 6.07) is 0.325. The van der Waals surface area contributed by atoms with Gasteiger partial charge in [-0.1, -0.05) is 0 Å². The molecule has 14 heavy (non-hydrogen) atoms. The number of likely N-dealkylation sites (tertiary alicyclic amines) is 1. The first-order valence-electron chi connectivity index (χ1n) is 5.42. The lowest BCUT2D eigenvalue weighted by molar-refractivity contribution is 0.118. The predicted molar refractivity (Wildman–Crippen MR) is 53.0 cm³/mol. The maximum absolute atomic E-state index is 10.7. The minimum Gasteiger partial charge on any atom is -0.465 e. The lowest BCUT2D eigenvalue weighted by atomic mass is 9.87. The van der Waals surface area contributed by atoms with Crippen molar-refractivity contribution in [3.05, 3.63) is 0 Å². The summed E-state index contributed by atoms with van der Waals surface area (Å²) in [7, 11) is 0. The van der Waals surface area contributed by atoms with Gasteiger partial charge in [0.05, 0.1) is 0 Å². The average Bonchev–Trinajstić information content (AvgIpc) is 3.00. The molecule has 0 bridgehead atoms. The largest absolute Gasteiger partial charge is 0.465 e. The SMILES string of the molecule is N[C@@H](C1CC1)C1CCN(C(=O)O)CC1. The van der Waals surface area contributed by atoms with Gasteiger partial charge in [-0.25, -0.2) is 4.79 Å². The van der Waals surface area contributed by atoms with Crippen molar-refractivity contribution in [3.63, 3.8) is 0 Å². The Kier molecular flexibility index (Phi) is 2.63. The molecule has 2 aliphatic rings. The lowest BCUT2D eigenvalue weighted by Gasteiger charge is -2.33. The third kappa shape index (κ3) is 2.00. The van der Waals surface area contributed by atoms with Crippen LogP contribution in [0, 0.1) is 11.8 Å². The van der Waals surface area contributed by atoms with Gasteiger partial charge in [0.2, 0.25) is 0 Å². The van der Waals surface area contributed by atoms with Crippen molar-refractivity contribution in [2.24, 2.45) is 17.6 Å². The van der Waals surface area contributed by atoms with Gasteiger partial charge in [-0.15, -0.1) is 0 Å². The van der Waals surface area contributed by atoms with Gasteiger partial charge >= 0.3 is 6.09 Å². The fourth-order valence-electron chi connectivity index (χ4n) is 2.34. The van der Waals surface area contributed by atoms with Gasteiger partial charge in [-0.2, -0.15) is 0 Å². The van der Waals surface area contributed by atoms with E-state index in [1.54, 1.807) is 0 Å². The zero-order valence-electron chi connectivity index (χ0n) is 8.35. The highest BCUT2D eigenvalue weighted by Gasteiger charge is 2.35. The molecule has 1 saturated carbocycles. The number of rotatable bonds is 2. The maximum atomic E-state index is 10.7. The van der Waals surface area contributed by atoms with Crippen LogP contribution >= 0.6 is 0 Å². The molecule has 1 aliphatic carbocycles. The third-order valence-corrected chi connectivity index (χ3v) is 3.52. The number of hydrogen-bond donors (Lipinski definition) is 2. The Morgan fingerprint density at radius 1 is 1.21 bits per heavy atom. The number of amides is 1. The highest BCUT2D eigenvalue weighted by molar-refractivity contribution is 5.64. The zero-order valence-corrected chi connectivity index (χ0v) is 8.35. The van der Waals surface area contributed by atoms with Crippen LogP contribution in [0.4, 0.5) is 4.79 Å². The van der Waals surface area contributed by atoms with E-state index >= 15 is 0 Å². The Balaban J connectivity index is 1.80. The van der Waals surface area contributed by atoms with E-state index < -0.39 is 6.09 Å². The van der Waals surface area contributed by atoms with Gasteiger partial charge in [0.15, 0.2) is 0 Å². The smallest absolute Gasteiger partial charge is 0.407 e. The molecule has 0 aromatic heterocycles. The molecule has 1 aliphatic heterocycles. The normalized spacial score (nSPS) is 26.2. The molecule has 4 nitrogen and oxygen atoms in total. The lowest BCUT2D eigenvalue weighted by Crippen LogP contribution is -2.43. The molecular formula is C10H18N2O2. The molecule has 1 atom stereocenters. The molecule has 2 rings (SSSR count). The number of piperidine rings is 1. The van der Waals surface area contributed by atoms with E-state index in [0.717, 1.165) is 18.8 Å². The van der Waals surface area contributed by atoms with Crippen molar-refractivity contribution in [1.82, 2.24) is 4.90 Å². The standard InChI is InChI=1S/C10H18N2O2/c11-9(7-1-2-7)8-3-5-12(6-4-8)10(13)14/h7-9H,1-6,11H2,(H,13,14)/t9-/m0/s1. The molecule has 2 fully saturated rings. The molecule has 0 spiro atoms. The van der Waals surface area contributed by atoms with E-state index in [1.807, 2.05) is 0 Å². The van der Waals surface area contributed by atoms with Crippen molar-refractivity contribution in [1.29, 1.82) is 0 Å². The van der Waals surface area contributed by atoms with Gasteiger partial charge in [-0.05, 0) is 37.5 Å². The molecule has 0 radical (unpaired) electrons. The molecule has 1 amide bonds. The van der Waals surface area contributed by atoms with E-state index in [1.165, 1.54) is 17.7 Å². The molecule has 3 N–H and O–H groups in total. The summed E-state index contributed by atoms with van der Waals surface area (Å²) in [6.45, 7) is 1.33. The van der Waals surface area contributed by atoms with Gasteiger partial charge in [0.25, 0.3) is 0 Å². The molecule has 1 saturated heterocycles. The third-order valence-electron chi connectivity index (χ3n) is 3.52. The Bertz CT molecular complexity index is 220. The van der Waals surface area contributed by atoms with Crippen molar-refractivity contribution >= 4 is 6.09 Å². The first-order valence-corrected chi connectivity index (χ1v) is 5.42. The second kappa shape index (κ2) is 3.77. The molecule has 4 heteroatoms. The van der Waals surface area contributed by atoms with Crippen LogP contribution in [-0.4, -0.2) is 35.2 Å². The van der Waals surface area contributed by atoms with Crippen LogP contribution in [0.2, 0.25) is 0 Å². The predicted octanol–water partition coefficient (Wildman–Crippen LogP) is 1.11. The first kappa shape index (κ1) is 9.77. The quantitative estimate of drug-likeness (QED) is 0.698. The molecule has 0 aromatic rings. The minimum absolute atomic E-state index is 0.325. The van der Waals surface area contributed by atoms with Gasteiger partial charge in [0, 0.05) is 19.1 Å². The Morgan fingerprint density at radius 2 is 1.71 bits per heavy atom. The van der Waals surface area contributed by atoms with E-state index in [2.05, 4.69) is 0 Å². The fraction of sp³-hybridized carbons (Fsp3) is 0.900. The highest BCUT2D eigenvalue weighted by Crippen LogP contribution is 2.37. The number of carbonyl (C=O) groups is 1. The van der Waals surface area contributed by atoms with Gasteiger partial charge < -0.3 is 15.7 Å². The zero-order chi connectivity index (χ0) is 10.1. The summed E-state index contributed by atoms with van der Waals surface area (Å²) in [6.07, 6.45) is 3.66. The number of nitrogens with zero attached hydrogens (tertiary/aromatic N) is 1. The molecular weight excluding hydrogens is 180 g/mol. The minimum atomic E-state index is -0.788. The van der Waals surface area contributed by atoms with Crippen LogP contribution in [0.5, 0.6) is 0 Å². The van der Waals surface area contributed by atoms with Crippen molar-refractivity contribution in [3.8, 4) is 0 Å². The number of hydrogen-bond acceptors (Lipinski definition) is 2. The van der Waals surface area contributed by atoms with E-state index in [0.29, 0.717) is 25.0 Å². The molecule has 1 heterocycles. The van der Waals surface area contributed by atoms with E-state index in [4.69, 9.17) is 10.8 Å². The van der Waals surface area contributed by atoms with Crippen LogP contribution in [0.3, 0.4) is 0 Å². The molecule has 0 unspecified atom stereocenters. The second-order valence-electron chi connectivity index (χ2n) is 4.52. The van der Waals surface area contributed by atoms with E-state index in [-0.39, 0.29) is 0 Å². The Hall–Kier alpha value is -0.770. The molecule has 80 valence electrons. The summed E-state index contributed by atoms with van der Waals surface area (Å²) in [5.41, 5.74) is 6.11. The topological polar surface area (TPSA) is 66.6 Å².